The van der Waals surface area contributed by atoms with Gasteiger partial charge in [-0.05, 0) is 49.6 Å². The summed E-state index contributed by atoms with van der Waals surface area (Å²) in [4.78, 5) is 14.2. The number of piperazine rings is 1. The Morgan fingerprint density at radius 1 is 1.12 bits per heavy atom. The number of carbonyl (C=O) groups excluding carboxylic acids is 1. The van der Waals surface area contributed by atoms with E-state index < -0.39 is 10.0 Å². The van der Waals surface area contributed by atoms with Crippen LogP contribution in [0.15, 0.2) is 23.1 Å². The summed E-state index contributed by atoms with van der Waals surface area (Å²) in [5.74, 6) is 0.0823. The van der Waals surface area contributed by atoms with Crippen molar-refractivity contribution in [3.63, 3.8) is 0 Å². The van der Waals surface area contributed by atoms with Crippen LogP contribution in [0.2, 0.25) is 0 Å². The van der Waals surface area contributed by atoms with Crippen LogP contribution in [0.5, 0.6) is 0 Å². The van der Waals surface area contributed by atoms with Crippen molar-refractivity contribution in [3.05, 3.63) is 29.3 Å². The summed E-state index contributed by atoms with van der Waals surface area (Å²) in [6.45, 7) is 2.31. The van der Waals surface area contributed by atoms with Gasteiger partial charge in [0, 0.05) is 39.1 Å². The van der Waals surface area contributed by atoms with Crippen molar-refractivity contribution in [2.24, 2.45) is 0 Å². The molecule has 1 aromatic rings. The third-order valence-corrected chi connectivity index (χ3v) is 6.78. The predicted octanol–water partition coefficient (Wildman–Crippen LogP) is 0.618. The van der Waals surface area contributed by atoms with Crippen LogP contribution in [0, 0.1) is 0 Å². The maximum Gasteiger partial charge on any atom is 0.243 e. The van der Waals surface area contributed by atoms with Crippen LogP contribution in [0.3, 0.4) is 0 Å². The van der Waals surface area contributed by atoms with Gasteiger partial charge in [-0.3, -0.25) is 4.79 Å². The van der Waals surface area contributed by atoms with E-state index in [0.29, 0.717) is 44.0 Å². The normalized spacial score (nSPS) is 18.6. The zero-order valence-electron chi connectivity index (χ0n) is 14.1. The van der Waals surface area contributed by atoms with Crippen molar-refractivity contribution in [1.82, 2.24) is 14.5 Å². The van der Waals surface area contributed by atoms with Gasteiger partial charge in [-0.1, -0.05) is 6.07 Å². The van der Waals surface area contributed by atoms with Crippen LogP contribution >= 0.6 is 0 Å². The van der Waals surface area contributed by atoms with Crippen LogP contribution in [0.25, 0.3) is 0 Å². The molecule has 1 aliphatic heterocycles. The number of nitrogens with zero attached hydrogens (tertiary/aromatic N) is 2. The van der Waals surface area contributed by atoms with E-state index >= 15 is 0 Å². The number of benzene rings is 1. The maximum absolute atomic E-state index is 12.8. The molecule has 132 valence electrons. The van der Waals surface area contributed by atoms with Crippen molar-refractivity contribution in [1.29, 1.82) is 0 Å². The first-order valence-corrected chi connectivity index (χ1v) is 10.0. The van der Waals surface area contributed by atoms with Crippen molar-refractivity contribution in [2.75, 3.05) is 39.8 Å². The molecule has 24 heavy (non-hydrogen) atoms. The van der Waals surface area contributed by atoms with Gasteiger partial charge >= 0.3 is 0 Å². The lowest BCUT2D eigenvalue weighted by atomic mass is 10.1. The molecule has 0 radical (unpaired) electrons. The van der Waals surface area contributed by atoms with Gasteiger partial charge in [0.2, 0.25) is 15.9 Å². The number of rotatable bonds is 5. The predicted molar refractivity (Wildman–Crippen MR) is 92.3 cm³/mol. The molecule has 2 aliphatic rings. The van der Waals surface area contributed by atoms with Crippen molar-refractivity contribution in [2.45, 2.75) is 30.6 Å². The molecule has 6 nitrogen and oxygen atoms in total. The van der Waals surface area contributed by atoms with Gasteiger partial charge in [-0.2, -0.15) is 4.31 Å². The standard InChI is InChI=1S/C17H25N3O3S/c1-18-8-7-17(21)19-9-11-20(12-10-19)24(22,23)16-6-5-14-3-2-4-15(14)13-16/h5-6,13,18H,2-4,7-12H2,1H3. The summed E-state index contributed by atoms with van der Waals surface area (Å²) in [5, 5.41) is 2.96. The maximum atomic E-state index is 12.8. The average Bonchev–Trinajstić information content (AvgIpc) is 3.07. The smallest absolute Gasteiger partial charge is 0.243 e. The molecule has 1 saturated heterocycles. The highest BCUT2D eigenvalue weighted by Gasteiger charge is 2.30. The largest absolute Gasteiger partial charge is 0.340 e. The number of hydrogen-bond acceptors (Lipinski definition) is 4. The Morgan fingerprint density at radius 2 is 1.83 bits per heavy atom. The molecule has 1 aromatic carbocycles. The van der Waals surface area contributed by atoms with E-state index in [1.165, 1.54) is 9.87 Å². The highest BCUT2D eigenvalue weighted by Crippen LogP contribution is 2.26. The van der Waals surface area contributed by atoms with E-state index in [1.54, 1.807) is 11.0 Å². The highest BCUT2D eigenvalue weighted by atomic mass is 32.2. The molecule has 1 N–H and O–H groups in total. The molecule has 0 unspecified atom stereocenters. The fraction of sp³-hybridized carbons (Fsp3) is 0.588. The quantitative estimate of drug-likeness (QED) is 0.844. The Balaban J connectivity index is 1.66. The SMILES string of the molecule is CNCCC(=O)N1CCN(S(=O)(=O)c2ccc3c(c2)CCC3)CC1. The fourth-order valence-corrected chi connectivity index (χ4v) is 4.90. The zero-order chi connectivity index (χ0) is 17.2. The number of fused-ring (bicyclic) bond motifs is 1. The third kappa shape index (κ3) is 3.48. The summed E-state index contributed by atoms with van der Waals surface area (Å²) in [6, 6.07) is 5.51. The van der Waals surface area contributed by atoms with Gasteiger partial charge in [-0.25, -0.2) is 8.42 Å². The topological polar surface area (TPSA) is 69.7 Å². The minimum absolute atomic E-state index is 0.0823. The van der Waals surface area contributed by atoms with E-state index in [-0.39, 0.29) is 5.91 Å². The van der Waals surface area contributed by atoms with Gasteiger partial charge in [0.1, 0.15) is 0 Å². The van der Waals surface area contributed by atoms with E-state index in [1.807, 2.05) is 19.2 Å². The summed E-state index contributed by atoms with van der Waals surface area (Å²) >= 11 is 0. The van der Waals surface area contributed by atoms with Gasteiger partial charge in [0.15, 0.2) is 0 Å². The molecule has 3 rings (SSSR count). The lowest BCUT2D eigenvalue weighted by molar-refractivity contribution is -0.132. The van der Waals surface area contributed by atoms with Crippen LogP contribution in [-0.4, -0.2) is 63.3 Å². The number of nitrogens with one attached hydrogen (secondary N) is 1. The van der Waals surface area contributed by atoms with Gasteiger partial charge in [0.05, 0.1) is 4.90 Å². The first kappa shape index (κ1) is 17.4. The average molecular weight is 351 g/mol. The molecule has 0 atom stereocenters. The molecular weight excluding hydrogens is 326 g/mol. The molecule has 1 fully saturated rings. The minimum Gasteiger partial charge on any atom is -0.340 e. The van der Waals surface area contributed by atoms with E-state index in [0.717, 1.165) is 24.8 Å². The molecule has 1 heterocycles. The summed E-state index contributed by atoms with van der Waals surface area (Å²) in [5.41, 5.74) is 2.44. The van der Waals surface area contributed by atoms with Crippen LogP contribution < -0.4 is 5.32 Å². The second-order valence-electron chi connectivity index (χ2n) is 6.42. The van der Waals surface area contributed by atoms with Gasteiger partial charge < -0.3 is 10.2 Å². The minimum atomic E-state index is -3.47. The summed E-state index contributed by atoms with van der Waals surface area (Å²) in [7, 11) is -1.65. The molecular formula is C17H25N3O3S. The Bertz CT molecular complexity index is 710. The molecule has 0 saturated carbocycles. The second kappa shape index (κ2) is 7.21. The lowest BCUT2D eigenvalue weighted by Gasteiger charge is -2.34. The third-order valence-electron chi connectivity index (χ3n) is 4.89. The fourth-order valence-electron chi connectivity index (χ4n) is 3.43. The van der Waals surface area contributed by atoms with Gasteiger partial charge in [0.25, 0.3) is 0 Å². The molecule has 1 aliphatic carbocycles. The highest BCUT2D eigenvalue weighted by molar-refractivity contribution is 7.89. The molecule has 1 amide bonds. The van der Waals surface area contributed by atoms with E-state index in [2.05, 4.69) is 5.32 Å². The molecule has 7 heteroatoms. The Hall–Kier alpha value is -1.44. The van der Waals surface area contributed by atoms with E-state index in [9.17, 15) is 13.2 Å². The van der Waals surface area contributed by atoms with Crippen molar-refractivity contribution < 1.29 is 13.2 Å². The number of aryl methyl sites for hydroxylation is 2. The summed E-state index contributed by atoms with van der Waals surface area (Å²) in [6.07, 6.45) is 3.57. The van der Waals surface area contributed by atoms with Crippen molar-refractivity contribution in [3.8, 4) is 0 Å². The number of sulfonamides is 1. The Morgan fingerprint density at radius 3 is 2.54 bits per heavy atom. The number of amides is 1. The van der Waals surface area contributed by atoms with Gasteiger partial charge in [-0.15, -0.1) is 0 Å². The number of carbonyl (C=O) groups is 1. The van der Waals surface area contributed by atoms with Crippen molar-refractivity contribution >= 4 is 15.9 Å². The first-order valence-electron chi connectivity index (χ1n) is 8.56. The molecule has 0 bridgehead atoms. The molecule has 0 aromatic heterocycles. The first-order chi connectivity index (χ1) is 11.5. The van der Waals surface area contributed by atoms with Crippen LogP contribution in [0.4, 0.5) is 0 Å². The monoisotopic (exact) mass is 351 g/mol. The Labute approximate surface area is 143 Å². The molecule has 0 spiro atoms. The lowest BCUT2D eigenvalue weighted by Crippen LogP contribution is -2.50. The number of hydrogen-bond donors (Lipinski definition) is 1. The van der Waals surface area contributed by atoms with E-state index in [4.69, 9.17) is 0 Å². The second-order valence-corrected chi connectivity index (χ2v) is 8.36. The van der Waals surface area contributed by atoms with Crippen LogP contribution in [-0.2, 0) is 27.7 Å². The van der Waals surface area contributed by atoms with Crippen LogP contribution in [0.1, 0.15) is 24.0 Å². The zero-order valence-corrected chi connectivity index (χ0v) is 14.9. The Kier molecular flexibility index (Phi) is 5.22. The summed E-state index contributed by atoms with van der Waals surface area (Å²) < 4.78 is 27.2.